The second-order valence-corrected chi connectivity index (χ2v) is 8.26. The lowest BCUT2D eigenvalue weighted by molar-refractivity contribution is 0.101. The van der Waals surface area contributed by atoms with Crippen molar-refractivity contribution in [1.82, 2.24) is 24.7 Å². The van der Waals surface area contributed by atoms with Crippen LogP contribution in [0.1, 0.15) is 27.4 Å². The molecule has 0 aliphatic rings. The van der Waals surface area contributed by atoms with Crippen molar-refractivity contribution in [2.75, 3.05) is 5.32 Å². The molecule has 0 aliphatic heterocycles. The Kier molecular flexibility index (Phi) is 6.24. The molecule has 31 heavy (non-hydrogen) atoms. The maximum atomic E-state index is 12.8. The highest BCUT2D eigenvalue weighted by molar-refractivity contribution is 6.36. The molecule has 3 heterocycles. The molecule has 0 bridgehead atoms. The molecular formula is C19H14Cl4N6O2. The van der Waals surface area contributed by atoms with Crippen molar-refractivity contribution in [2.45, 2.75) is 20.0 Å². The van der Waals surface area contributed by atoms with Gasteiger partial charge in [-0.25, -0.2) is 0 Å². The molecular weight excluding hydrogens is 486 g/mol. The van der Waals surface area contributed by atoms with E-state index in [2.05, 4.69) is 20.7 Å². The van der Waals surface area contributed by atoms with Gasteiger partial charge in [0, 0.05) is 33.6 Å². The summed E-state index contributed by atoms with van der Waals surface area (Å²) in [5.41, 5.74) is 1.36. The zero-order valence-corrected chi connectivity index (χ0v) is 19.0. The van der Waals surface area contributed by atoms with Gasteiger partial charge in [-0.3, -0.25) is 14.2 Å². The second kappa shape index (κ2) is 8.92. The summed E-state index contributed by atoms with van der Waals surface area (Å²) in [4.78, 5) is 12.8. The van der Waals surface area contributed by atoms with Crippen LogP contribution < -0.4 is 5.32 Å². The highest BCUT2D eigenvalue weighted by atomic mass is 35.5. The van der Waals surface area contributed by atoms with Gasteiger partial charge in [-0.2, -0.15) is 10.2 Å². The van der Waals surface area contributed by atoms with Crippen molar-refractivity contribution in [3.8, 4) is 0 Å². The molecule has 1 aromatic carbocycles. The number of aryl methyl sites for hydroxylation is 1. The smallest absolute Gasteiger partial charge is 0.279 e. The quantitative estimate of drug-likeness (QED) is 0.386. The number of carbonyl (C=O) groups is 1. The van der Waals surface area contributed by atoms with E-state index in [-0.39, 0.29) is 29.6 Å². The van der Waals surface area contributed by atoms with Crippen molar-refractivity contribution < 1.29 is 9.32 Å². The standard InChI is InChI=1S/C19H14Cl4N6O2/c1-10-12(7-28-6-11(20)5-24-28)17(27-31-10)19(30)25-18-16(23)9-29(26-18)8-13-14(21)3-2-4-15(13)22/h2-6,9H,7-8H2,1H3,(H,25,26,30). The maximum absolute atomic E-state index is 12.8. The number of amides is 1. The first-order valence-electron chi connectivity index (χ1n) is 8.92. The molecule has 4 rings (SSSR count). The number of hydrogen-bond donors (Lipinski definition) is 1. The lowest BCUT2D eigenvalue weighted by Crippen LogP contribution is -2.17. The summed E-state index contributed by atoms with van der Waals surface area (Å²) in [5, 5.41) is 16.7. The van der Waals surface area contributed by atoms with Gasteiger partial charge in [0.1, 0.15) is 10.8 Å². The molecule has 4 aromatic rings. The van der Waals surface area contributed by atoms with Crippen molar-refractivity contribution in [3.05, 3.63) is 79.5 Å². The van der Waals surface area contributed by atoms with Gasteiger partial charge in [-0.1, -0.05) is 57.6 Å². The summed E-state index contributed by atoms with van der Waals surface area (Å²) < 4.78 is 8.31. The van der Waals surface area contributed by atoms with Gasteiger partial charge in [-0.05, 0) is 19.1 Å². The van der Waals surface area contributed by atoms with E-state index in [0.29, 0.717) is 32.0 Å². The predicted molar refractivity (Wildman–Crippen MR) is 118 cm³/mol. The molecule has 0 atom stereocenters. The van der Waals surface area contributed by atoms with Crippen LogP contribution in [0.25, 0.3) is 0 Å². The van der Waals surface area contributed by atoms with Crippen LogP contribution in [-0.4, -0.2) is 30.6 Å². The topological polar surface area (TPSA) is 90.8 Å². The van der Waals surface area contributed by atoms with Gasteiger partial charge in [0.2, 0.25) is 0 Å². The molecule has 1 N–H and O–H groups in total. The summed E-state index contributed by atoms with van der Waals surface area (Å²) in [6.07, 6.45) is 4.70. The number of aromatic nitrogens is 5. The summed E-state index contributed by atoms with van der Waals surface area (Å²) in [6, 6.07) is 5.22. The average Bonchev–Trinajstić information content (AvgIpc) is 3.39. The van der Waals surface area contributed by atoms with E-state index >= 15 is 0 Å². The maximum Gasteiger partial charge on any atom is 0.279 e. The minimum absolute atomic E-state index is 0.101. The number of nitrogens with one attached hydrogen (secondary N) is 1. The van der Waals surface area contributed by atoms with Crippen LogP contribution in [0.15, 0.2) is 41.3 Å². The number of anilines is 1. The number of nitrogens with zero attached hydrogens (tertiary/aromatic N) is 5. The van der Waals surface area contributed by atoms with Gasteiger partial charge in [0.15, 0.2) is 11.5 Å². The first kappa shape index (κ1) is 21.7. The second-order valence-electron chi connectivity index (χ2n) is 6.60. The molecule has 3 aromatic heterocycles. The lowest BCUT2D eigenvalue weighted by atomic mass is 10.2. The Morgan fingerprint density at radius 3 is 2.42 bits per heavy atom. The minimum atomic E-state index is -0.520. The minimum Gasteiger partial charge on any atom is -0.361 e. The van der Waals surface area contributed by atoms with Crippen molar-refractivity contribution in [2.24, 2.45) is 0 Å². The molecule has 12 heteroatoms. The Morgan fingerprint density at radius 1 is 1.03 bits per heavy atom. The van der Waals surface area contributed by atoms with E-state index in [9.17, 15) is 4.79 Å². The van der Waals surface area contributed by atoms with E-state index < -0.39 is 5.91 Å². The molecule has 0 spiro atoms. The number of hydrogen-bond acceptors (Lipinski definition) is 5. The Labute approximate surface area is 196 Å². The summed E-state index contributed by atoms with van der Waals surface area (Å²) >= 11 is 24.6. The van der Waals surface area contributed by atoms with Crippen LogP contribution in [0.2, 0.25) is 20.1 Å². The summed E-state index contributed by atoms with van der Waals surface area (Å²) in [7, 11) is 0. The van der Waals surface area contributed by atoms with E-state index in [0.717, 1.165) is 0 Å². The number of rotatable bonds is 6. The number of carbonyl (C=O) groups excluding carboxylic acids is 1. The largest absolute Gasteiger partial charge is 0.361 e. The summed E-state index contributed by atoms with van der Waals surface area (Å²) in [6.45, 7) is 2.25. The molecule has 0 unspecified atom stereocenters. The molecule has 160 valence electrons. The van der Waals surface area contributed by atoms with Gasteiger partial charge < -0.3 is 9.84 Å². The fourth-order valence-electron chi connectivity index (χ4n) is 2.92. The first-order valence-corrected chi connectivity index (χ1v) is 10.4. The van der Waals surface area contributed by atoms with Crippen molar-refractivity contribution >= 4 is 58.1 Å². The Balaban J connectivity index is 1.53. The monoisotopic (exact) mass is 498 g/mol. The van der Waals surface area contributed by atoms with Gasteiger partial charge in [0.25, 0.3) is 5.91 Å². The van der Waals surface area contributed by atoms with Crippen LogP contribution >= 0.6 is 46.4 Å². The van der Waals surface area contributed by atoms with E-state index in [1.807, 2.05) is 0 Å². The van der Waals surface area contributed by atoms with Crippen LogP contribution in [0, 0.1) is 6.92 Å². The highest BCUT2D eigenvalue weighted by Gasteiger charge is 2.22. The third-order valence-electron chi connectivity index (χ3n) is 4.45. The zero-order valence-electron chi connectivity index (χ0n) is 15.9. The number of halogens is 4. The van der Waals surface area contributed by atoms with E-state index in [1.165, 1.54) is 10.9 Å². The normalized spacial score (nSPS) is 11.1. The van der Waals surface area contributed by atoms with Crippen molar-refractivity contribution in [3.63, 3.8) is 0 Å². The van der Waals surface area contributed by atoms with Crippen LogP contribution in [0.3, 0.4) is 0 Å². The molecule has 0 radical (unpaired) electrons. The van der Waals surface area contributed by atoms with Gasteiger partial charge >= 0.3 is 0 Å². The van der Waals surface area contributed by atoms with Gasteiger partial charge in [0.05, 0.1) is 24.3 Å². The highest BCUT2D eigenvalue weighted by Crippen LogP contribution is 2.27. The molecule has 1 amide bonds. The van der Waals surface area contributed by atoms with Crippen molar-refractivity contribution in [1.29, 1.82) is 0 Å². The molecule has 0 fully saturated rings. The van der Waals surface area contributed by atoms with Crippen LogP contribution in [-0.2, 0) is 13.1 Å². The van der Waals surface area contributed by atoms with Crippen LogP contribution in [0.4, 0.5) is 5.82 Å². The number of benzene rings is 1. The Hall–Kier alpha value is -2.52. The van der Waals surface area contributed by atoms with Gasteiger partial charge in [-0.15, -0.1) is 0 Å². The third kappa shape index (κ3) is 4.72. The Bertz CT molecular complexity index is 1240. The first-order chi connectivity index (χ1) is 14.8. The fraction of sp³-hybridized carbons (Fsp3) is 0.158. The molecule has 8 nitrogen and oxygen atoms in total. The zero-order chi connectivity index (χ0) is 22.1. The van der Waals surface area contributed by atoms with E-state index in [4.69, 9.17) is 50.9 Å². The lowest BCUT2D eigenvalue weighted by Gasteiger charge is -2.07. The predicted octanol–water partition coefficient (Wildman–Crippen LogP) is 5.34. The average molecular weight is 500 g/mol. The summed E-state index contributed by atoms with van der Waals surface area (Å²) in [5.74, 6) is 0.137. The third-order valence-corrected chi connectivity index (χ3v) is 5.63. The SMILES string of the molecule is Cc1onc(C(=O)Nc2nn(Cc3c(Cl)cccc3Cl)cc2Cl)c1Cn1cc(Cl)cn1. The van der Waals surface area contributed by atoms with E-state index in [1.54, 1.807) is 42.2 Å². The fourth-order valence-corrected chi connectivity index (χ4v) is 3.79. The Morgan fingerprint density at radius 2 is 1.74 bits per heavy atom. The molecule has 0 saturated carbocycles. The molecule has 0 saturated heterocycles. The molecule has 0 aliphatic carbocycles. The van der Waals surface area contributed by atoms with Crippen LogP contribution in [0.5, 0.6) is 0 Å².